The standard InChI is InChI=1S/C26H30N6O3/c1-35-21-7-5-19(6-8-21)32-24-22(23(29-32)25(27)33)10-14-31(26(24)34)20-4-2-3-18(17-20)9-13-30-15-11-28-12-16-30/h2-8,17,28H,9-16H2,1H3,(H2,27,33). The Kier molecular flexibility index (Phi) is 6.52. The molecule has 0 radical (unpaired) electrons. The predicted octanol–water partition coefficient (Wildman–Crippen LogP) is 1.63. The van der Waals surface area contributed by atoms with Crippen LogP contribution in [0.15, 0.2) is 48.5 Å². The van der Waals surface area contributed by atoms with Gasteiger partial charge in [0.1, 0.15) is 11.4 Å². The maximum atomic E-state index is 13.8. The van der Waals surface area contributed by atoms with Crippen LogP contribution in [-0.2, 0) is 12.8 Å². The summed E-state index contributed by atoms with van der Waals surface area (Å²) in [5.41, 5.74) is 9.44. The topological polar surface area (TPSA) is 106 Å². The molecular formula is C26H30N6O3. The third-order valence-corrected chi connectivity index (χ3v) is 6.72. The van der Waals surface area contributed by atoms with Gasteiger partial charge in [-0.15, -0.1) is 0 Å². The molecule has 2 aromatic carbocycles. The minimum Gasteiger partial charge on any atom is -0.497 e. The van der Waals surface area contributed by atoms with Gasteiger partial charge in [-0.2, -0.15) is 5.10 Å². The van der Waals surface area contributed by atoms with E-state index in [1.807, 2.05) is 12.1 Å². The van der Waals surface area contributed by atoms with Crippen LogP contribution in [0.4, 0.5) is 5.69 Å². The molecule has 35 heavy (non-hydrogen) atoms. The Morgan fingerprint density at radius 3 is 2.57 bits per heavy atom. The lowest BCUT2D eigenvalue weighted by atomic mass is 10.0. The zero-order chi connectivity index (χ0) is 24.4. The Hall–Kier alpha value is -3.69. The zero-order valence-corrected chi connectivity index (χ0v) is 19.9. The third kappa shape index (κ3) is 4.65. The molecule has 1 saturated heterocycles. The molecule has 3 N–H and O–H groups in total. The van der Waals surface area contributed by atoms with Crippen molar-refractivity contribution in [3.8, 4) is 11.4 Å². The minimum atomic E-state index is -0.635. The number of carbonyl (C=O) groups is 2. The lowest BCUT2D eigenvalue weighted by Gasteiger charge is -2.29. The van der Waals surface area contributed by atoms with Gasteiger partial charge in [-0.3, -0.25) is 9.59 Å². The van der Waals surface area contributed by atoms with Crippen molar-refractivity contribution in [3.05, 3.63) is 71.0 Å². The number of carbonyl (C=O) groups excluding carboxylic acids is 2. The number of rotatable bonds is 7. The van der Waals surface area contributed by atoms with Gasteiger partial charge in [0.05, 0.1) is 12.8 Å². The van der Waals surface area contributed by atoms with Crippen molar-refractivity contribution in [2.45, 2.75) is 12.8 Å². The van der Waals surface area contributed by atoms with Gasteiger partial charge in [0, 0.05) is 50.5 Å². The summed E-state index contributed by atoms with van der Waals surface area (Å²) in [5.74, 6) is -0.138. The molecule has 0 atom stereocenters. The SMILES string of the molecule is COc1ccc(-n2nc(C(N)=O)c3c2C(=O)N(c2cccc(CCN4CCNCC4)c2)CC3)cc1. The number of hydrogen-bond donors (Lipinski definition) is 2. The number of ether oxygens (including phenoxy) is 1. The van der Waals surface area contributed by atoms with Crippen molar-refractivity contribution in [2.75, 3.05) is 51.3 Å². The normalized spacial score (nSPS) is 16.3. The average molecular weight is 475 g/mol. The summed E-state index contributed by atoms with van der Waals surface area (Å²) in [7, 11) is 1.59. The number of amides is 2. The van der Waals surface area contributed by atoms with Crippen LogP contribution in [0.1, 0.15) is 32.1 Å². The first-order chi connectivity index (χ1) is 17.0. The molecule has 0 bridgehead atoms. The molecule has 0 saturated carbocycles. The van der Waals surface area contributed by atoms with Crippen LogP contribution in [0, 0.1) is 0 Å². The van der Waals surface area contributed by atoms with E-state index in [1.165, 1.54) is 10.2 Å². The van der Waals surface area contributed by atoms with Crippen molar-refractivity contribution >= 4 is 17.5 Å². The molecule has 3 aromatic rings. The molecule has 2 aliphatic heterocycles. The number of anilines is 1. The second kappa shape index (κ2) is 9.89. The summed E-state index contributed by atoms with van der Waals surface area (Å²) in [6.07, 6.45) is 1.43. The van der Waals surface area contributed by atoms with Crippen molar-refractivity contribution in [2.24, 2.45) is 5.73 Å². The van der Waals surface area contributed by atoms with Crippen molar-refractivity contribution in [1.82, 2.24) is 20.0 Å². The quantitative estimate of drug-likeness (QED) is 0.539. The van der Waals surface area contributed by atoms with Gasteiger partial charge in [-0.25, -0.2) is 4.68 Å². The first-order valence-corrected chi connectivity index (χ1v) is 11.9. The highest BCUT2D eigenvalue weighted by molar-refractivity contribution is 6.09. The fraction of sp³-hybridized carbons (Fsp3) is 0.346. The van der Waals surface area contributed by atoms with Gasteiger partial charge in [0.15, 0.2) is 5.69 Å². The number of aromatic nitrogens is 2. The van der Waals surface area contributed by atoms with Crippen LogP contribution in [0.2, 0.25) is 0 Å². The Morgan fingerprint density at radius 2 is 1.86 bits per heavy atom. The molecule has 9 nitrogen and oxygen atoms in total. The smallest absolute Gasteiger partial charge is 0.277 e. The fourth-order valence-electron chi connectivity index (χ4n) is 4.82. The zero-order valence-electron chi connectivity index (χ0n) is 19.9. The van der Waals surface area contributed by atoms with E-state index in [2.05, 4.69) is 27.4 Å². The van der Waals surface area contributed by atoms with E-state index in [9.17, 15) is 9.59 Å². The lowest BCUT2D eigenvalue weighted by molar-refractivity contribution is 0.0972. The second-order valence-corrected chi connectivity index (χ2v) is 8.87. The summed E-state index contributed by atoms with van der Waals surface area (Å²) < 4.78 is 6.77. The highest BCUT2D eigenvalue weighted by atomic mass is 16.5. The maximum absolute atomic E-state index is 13.8. The number of nitrogens with zero attached hydrogens (tertiary/aromatic N) is 4. The number of benzene rings is 2. The number of methoxy groups -OCH3 is 1. The highest BCUT2D eigenvalue weighted by Crippen LogP contribution is 2.29. The number of primary amides is 1. The van der Waals surface area contributed by atoms with E-state index in [1.54, 1.807) is 36.3 Å². The Balaban J connectivity index is 1.43. The summed E-state index contributed by atoms with van der Waals surface area (Å²) in [5, 5.41) is 7.82. The molecule has 2 aliphatic rings. The van der Waals surface area contributed by atoms with Gasteiger partial charge in [-0.05, 0) is 54.8 Å². The van der Waals surface area contributed by atoms with Gasteiger partial charge in [0.2, 0.25) is 0 Å². The molecule has 1 aromatic heterocycles. The molecule has 0 spiro atoms. The third-order valence-electron chi connectivity index (χ3n) is 6.72. The molecule has 2 amide bonds. The fourth-order valence-corrected chi connectivity index (χ4v) is 4.82. The number of nitrogens with two attached hydrogens (primary N) is 1. The van der Waals surface area contributed by atoms with Crippen LogP contribution in [-0.4, -0.2) is 72.9 Å². The molecule has 9 heteroatoms. The van der Waals surface area contributed by atoms with Crippen molar-refractivity contribution in [1.29, 1.82) is 0 Å². The van der Waals surface area contributed by atoms with Gasteiger partial charge in [-0.1, -0.05) is 12.1 Å². The summed E-state index contributed by atoms with van der Waals surface area (Å²) in [4.78, 5) is 30.1. The summed E-state index contributed by atoms with van der Waals surface area (Å²) in [6.45, 7) is 5.63. The number of fused-ring (bicyclic) bond motifs is 1. The Morgan fingerprint density at radius 1 is 1.09 bits per heavy atom. The largest absolute Gasteiger partial charge is 0.497 e. The number of nitrogens with one attached hydrogen (secondary N) is 1. The van der Waals surface area contributed by atoms with E-state index in [0.29, 0.717) is 35.7 Å². The minimum absolute atomic E-state index is 0.147. The van der Waals surface area contributed by atoms with E-state index in [0.717, 1.165) is 44.8 Å². The molecule has 0 unspecified atom stereocenters. The second-order valence-electron chi connectivity index (χ2n) is 8.87. The highest BCUT2D eigenvalue weighted by Gasteiger charge is 2.34. The molecule has 0 aliphatic carbocycles. The lowest BCUT2D eigenvalue weighted by Crippen LogP contribution is -2.44. The molecule has 5 rings (SSSR count). The van der Waals surface area contributed by atoms with Crippen LogP contribution in [0.5, 0.6) is 5.75 Å². The Labute approximate surface area is 204 Å². The van der Waals surface area contributed by atoms with Crippen molar-refractivity contribution < 1.29 is 14.3 Å². The first-order valence-electron chi connectivity index (χ1n) is 11.9. The maximum Gasteiger partial charge on any atom is 0.277 e. The average Bonchev–Trinajstić information content (AvgIpc) is 3.29. The van der Waals surface area contributed by atoms with E-state index >= 15 is 0 Å². The first kappa shape index (κ1) is 23.1. The Bertz CT molecular complexity index is 1230. The summed E-state index contributed by atoms with van der Waals surface area (Å²) >= 11 is 0. The summed E-state index contributed by atoms with van der Waals surface area (Å²) in [6, 6.07) is 15.4. The van der Waals surface area contributed by atoms with E-state index in [-0.39, 0.29) is 11.6 Å². The molecular weight excluding hydrogens is 444 g/mol. The monoisotopic (exact) mass is 474 g/mol. The van der Waals surface area contributed by atoms with Gasteiger partial charge < -0.3 is 25.6 Å². The van der Waals surface area contributed by atoms with Crippen molar-refractivity contribution in [3.63, 3.8) is 0 Å². The van der Waals surface area contributed by atoms with Crippen LogP contribution in [0.25, 0.3) is 5.69 Å². The number of piperazine rings is 1. The van der Waals surface area contributed by atoms with Crippen LogP contribution in [0.3, 0.4) is 0 Å². The number of hydrogen-bond acceptors (Lipinski definition) is 6. The van der Waals surface area contributed by atoms with E-state index in [4.69, 9.17) is 10.5 Å². The predicted molar refractivity (Wildman–Crippen MR) is 133 cm³/mol. The van der Waals surface area contributed by atoms with Crippen LogP contribution >= 0.6 is 0 Å². The molecule has 3 heterocycles. The van der Waals surface area contributed by atoms with Gasteiger partial charge in [0.25, 0.3) is 11.8 Å². The molecule has 1 fully saturated rings. The van der Waals surface area contributed by atoms with E-state index < -0.39 is 5.91 Å². The molecule has 182 valence electrons. The van der Waals surface area contributed by atoms with Gasteiger partial charge >= 0.3 is 0 Å². The van der Waals surface area contributed by atoms with Crippen LogP contribution < -0.4 is 20.7 Å².